The highest BCUT2D eigenvalue weighted by atomic mass is 35.5. The van der Waals surface area contributed by atoms with Crippen LogP contribution in [0.25, 0.3) is 0 Å². The summed E-state index contributed by atoms with van der Waals surface area (Å²) in [6.45, 7) is 3.50. The zero-order valence-corrected chi connectivity index (χ0v) is 14.7. The van der Waals surface area contributed by atoms with E-state index < -0.39 is 17.5 Å². The van der Waals surface area contributed by atoms with E-state index in [2.05, 4.69) is 20.3 Å². The fourth-order valence-corrected chi connectivity index (χ4v) is 2.73. The monoisotopic (exact) mass is 372 g/mol. The predicted octanol–water partition coefficient (Wildman–Crippen LogP) is 3.70. The SMILES string of the molecule is Cc1cc(NC(=O)c2cc(C(=O)c3c(F)cccc3Cl)c[nH]2)nc(C)n1. The average Bonchev–Trinajstić information content (AvgIpc) is 3.03. The second kappa shape index (κ2) is 7.05. The van der Waals surface area contributed by atoms with E-state index in [1.807, 2.05) is 0 Å². The van der Waals surface area contributed by atoms with E-state index >= 15 is 0 Å². The number of nitrogens with zero attached hydrogens (tertiary/aromatic N) is 2. The lowest BCUT2D eigenvalue weighted by molar-refractivity contribution is 0.102. The molecule has 26 heavy (non-hydrogen) atoms. The van der Waals surface area contributed by atoms with Crippen molar-refractivity contribution in [2.24, 2.45) is 0 Å². The van der Waals surface area contributed by atoms with Gasteiger partial charge in [0, 0.05) is 23.5 Å². The number of carbonyl (C=O) groups is 2. The van der Waals surface area contributed by atoms with E-state index in [4.69, 9.17) is 11.6 Å². The van der Waals surface area contributed by atoms with Crippen LogP contribution in [-0.2, 0) is 0 Å². The van der Waals surface area contributed by atoms with E-state index in [9.17, 15) is 14.0 Å². The molecule has 6 nitrogen and oxygen atoms in total. The fourth-order valence-electron chi connectivity index (χ4n) is 2.48. The number of aromatic amines is 1. The lowest BCUT2D eigenvalue weighted by Crippen LogP contribution is -2.14. The van der Waals surface area contributed by atoms with Gasteiger partial charge in [0.2, 0.25) is 0 Å². The molecule has 8 heteroatoms. The third-order valence-corrected chi connectivity index (χ3v) is 3.90. The number of hydrogen-bond donors (Lipinski definition) is 2. The molecule has 0 atom stereocenters. The molecular weight excluding hydrogens is 359 g/mol. The van der Waals surface area contributed by atoms with E-state index in [1.165, 1.54) is 24.4 Å². The van der Waals surface area contributed by atoms with E-state index in [0.717, 1.165) is 6.07 Å². The summed E-state index contributed by atoms with van der Waals surface area (Å²) in [5.41, 5.74) is 0.735. The molecule has 0 spiro atoms. The summed E-state index contributed by atoms with van der Waals surface area (Å²) in [4.78, 5) is 35.8. The molecule has 0 fully saturated rings. The summed E-state index contributed by atoms with van der Waals surface area (Å²) >= 11 is 5.92. The van der Waals surface area contributed by atoms with Gasteiger partial charge in [-0.3, -0.25) is 9.59 Å². The highest BCUT2D eigenvalue weighted by molar-refractivity contribution is 6.35. The first-order valence-electron chi connectivity index (χ1n) is 7.66. The predicted molar refractivity (Wildman–Crippen MR) is 95.1 cm³/mol. The first kappa shape index (κ1) is 17.8. The van der Waals surface area contributed by atoms with Crippen molar-refractivity contribution in [1.82, 2.24) is 15.0 Å². The Morgan fingerprint density at radius 3 is 2.65 bits per heavy atom. The van der Waals surface area contributed by atoms with Crippen molar-refractivity contribution in [3.8, 4) is 0 Å². The average molecular weight is 373 g/mol. The number of benzene rings is 1. The molecule has 0 radical (unpaired) electrons. The van der Waals surface area contributed by atoms with Crippen LogP contribution in [0.5, 0.6) is 0 Å². The van der Waals surface area contributed by atoms with Crippen molar-refractivity contribution in [3.63, 3.8) is 0 Å². The van der Waals surface area contributed by atoms with Crippen LogP contribution in [0, 0.1) is 19.7 Å². The maximum Gasteiger partial charge on any atom is 0.273 e. The topological polar surface area (TPSA) is 87.7 Å². The van der Waals surface area contributed by atoms with Crippen molar-refractivity contribution in [1.29, 1.82) is 0 Å². The fraction of sp³-hybridized carbons (Fsp3) is 0.111. The van der Waals surface area contributed by atoms with Crippen LogP contribution in [-0.4, -0.2) is 26.6 Å². The minimum atomic E-state index is -0.721. The van der Waals surface area contributed by atoms with Gasteiger partial charge in [0.25, 0.3) is 5.91 Å². The number of nitrogens with one attached hydrogen (secondary N) is 2. The van der Waals surface area contributed by atoms with Crippen molar-refractivity contribution in [3.05, 3.63) is 75.7 Å². The highest BCUT2D eigenvalue weighted by Gasteiger charge is 2.20. The maximum absolute atomic E-state index is 13.9. The maximum atomic E-state index is 13.9. The molecule has 0 unspecified atom stereocenters. The van der Waals surface area contributed by atoms with Crippen LogP contribution in [0.2, 0.25) is 5.02 Å². The van der Waals surface area contributed by atoms with Gasteiger partial charge < -0.3 is 10.3 Å². The number of carbonyl (C=O) groups excluding carboxylic acids is 2. The Balaban J connectivity index is 1.83. The Labute approximate surface area is 153 Å². The number of aromatic nitrogens is 3. The third kappa shape index (κ3) is 3.62. The van der Waals surface area contributed by atoms with Crippen molar-refractivity contribution < 1.29 is 14.0 Å². The van der Waals surface area contributed by atoms with Crippen LogP contribution >= 0.6 is 11.6 Å². The zero-order valence-electron chi connectivity index (χ0n) is 13.9. The zero-order chi connectivity index (χ0) is 18.8. The molecular formula is C18H14ClFN4O2. The number of hydrogen-bond acceptors (Lipinski definition) is 4. The van der Waals surface area contributed by atoms with Crippen LogP contribution in [0.15, 0.2) is 36.5 Å². The van der Waals surface area contributed by atoms with Gasteiger partial charge in [-0.25, -0.2) is 14.4 Å². The normalized spacial score (nSPS) is 10.6. The number of H-pyrrole nitrogens is 1. The summed E-state index contributed by atoms with van der Waals surface area (Å²) in [6.07, 6.45) is 1.33. The minimum Gasteiger partial charge on any atom is -0.356 e. The molecule has 0 saturated heterocycles. The molecule has 0 saturated carbocycles. The molecule has 1 aromatic carbocycles. The Kier molecular flexibility index (Phi) is 4.81. The quantitative estimate of drug-likeness (QED) is 0.683. The van der Waals surface area contributed by atoms with Gasteiger partial charge in [0.05, 0.1) is 10.6 Å². The van der Waals surface area contributed by atoms with Crippen LogP contribution in [0.1, 0.15) is 37.9 Å². The number of anilines is 1. The van der Waals surface area contributed by atoms with Crippen LogP contribution in [0.4, 0.5) is 10.2 Å². The molecule has 1 amide bonds. The standard InChI is InChI=1S/C18H14ClFN4O2/c1-9-6-15(23-10(2)22-9)24-18(26)14-7-11(8-21-14)17(25)16-12(19)4-3-5-13(16)20/h3-8,21H,1-2H3,(H,22,23,24,26). The highest BCUT2D eigenvalue weighted by Crippen LogP contribution is 2.23. The van der Waals surface area contributed by atoms with Gasteiger partial charge in [-0.05, 0) is 32.0 Å². The van der Waals surface area contributed by atoms with Gasteiger partial charge in [0.1, 0.15) is 23.2 Å². The molecule has 0 aliphatic heterocycles. The molecule has 3 aromatic rings. The van der Waals surface area contributed by atoms with Gasteiger partial charge in [-0.1, -0.05) is 17.7 Å². The summed E-state index contributed by atoms with van der Waals surface area (Å²) in [6, 6.07) is 6.95. The minimum absolute atomic E-state index is 0.00846. The summed E-state index contributed by atoms with van der Waals surface area (Å²) in [5, 5.41) is 2.63. The Morgan fingerprint density at radius 2 is 1.96 bits per heavy atom. The Hall–Kier alpha value is -3.06. The van der Waals surface area contributed by atoms with Crippen LogP contribution < -0.4 is 5.32 Å². The third-order valence-electron chi connectivity index (χ3n) is 3.59. The van der Waals surface area contributed by atoms with E-state index in [-0.39, 0.29) is 21.8 Å². The van der Waals surface area contributed by atoms with Gasteiger partial charge in [-0.15, -0.1) is 0 Å². The van der Waals surface area contributed by atoms with Gasteiger partial charge in [0.15, 0.2) is 5.78 Å². The number of rotatable bonds is 4. The van der Waals surface area contributed by atoms with Gasteiger partial charge in [-0.2, -0.15) is 0 Å². The molecule has 3 rings (SSSR count). The molecule has 2 aromatic heterocycles. The second-order valence-corrected chi connectivity index (χ2v) is 6.03. The molecule has 0 bridgehead atoms. The van der Waals surface area contributed by atoms with Gasteiger partial charge >= 0.3 is 0 Å². The molecule has 0 aliphatic rings. The molecule has 132 valence electrons. The lowest BCUT2D eigenvalue weighted by Gasteiger charge is -2.05. The Morgan fingerprint density at radius 1 is 1.19 bits per heavy atom. The lowest BCUT2D eigenvalue weighted by atomic mass is 10.1. The largest absolute Gasteiger partial charge is 0.356 e. The van der Waals surface area contributed by atoms with E-state index in [1.54, 1.807) is 19.9 Å². The first-order chi connectivity index (χ1) is 12.3. The Bertz CT molecular complexity index is 976. The van der Waals surface area contributed by atoms with Crippen LogP contribution in [0.3, 0.4) is 0 Å². The number of aryl methyl sites for hydroxylation is 2. The molecule has 2 heterocycles. The van der Waals surface area contributed by atoms with Crippen molar-refractivity contribution in [2.75, 3.05) is 5.32 Å². The van der Waals surface area contributed by atoms with Crippen molar-refractivity contribution >= 4 is 29.1 Å². The molecule has 2 N–H and O–H groups in total. The van der Waals surface area contributed by atoms with Crippen molar-refractivity contribution in [2.45, 2.75) is 13.8 Å². The molecule has 0 aliphatic carbocycles. The summed E-state index contributed by atoms with van der Waals surface area (Å²) in [5.74, 6) is -0.948. The smallest absolute Gasteiger partial charge is 0.273 e. The summed E-state index contributed by atoms with van der Waals surface area (Å²) in [7, 11) is 0. The number of ketones is 1. The number of halogens is 2. The second-order valence-electron chi connectivity index (χ2n) is 5.62. The number of amides is 1. The summed E-state index contributed by atoms with van der Waals surface area (Å²) < 4.78 is 13.9. The van der Waals surface area contributed by atoms with E-state index in [0.29, 0.717) is 17.3 Å². The first-order valence-corrected chi connectivity index (χ1v) is 8.03.